The van der Waals surface area contributed by atoms with Crippen molar-refractivity contribution in [2.75, 3.05) is 20.7 Å². The van der Waals surface area contributed by atoms with E-state index in [1.807, 2.05) is 42.6 Å². The van der Waals surface area contributed by atoms with Crippen molar-refractivity contribution in [3.63, 3.8) is 0 Å². The second-order valence-corrected chi connectivity index (χ2v) is 5.80. The number of halogens is 2. The lowest BCUT2D eigenvalue weighted by Crippen LogP contribution is -2.38. The number of rotatable bonds is 6. The van der Waals surface area contributed by atoms with E-state index in [1.54, 1.807) is 14.2 Å². The molecule has 2 rings (SSSR count). The molecule has 5 nitrogen and oxygen atoms in total. The van der Waals surface area contributed by atoms with E-state index in [0.29, 0.717) is 6.54 Å². The highest BCUT2D eigenvalue weighted by Crippen LogP contribution is 2.22. The summed E-state index contributed by atoms with van der Waals surface area (Å²) in [5, 5.41) is 6.58. The third kappa shape index (κ3) is 6.64. The number of aliphatic imine (C=N–C) groups is 1. The molecule has 0 unspecified atom stereocenters. The van der Waals surface area contributed by atoms with Gasteiger partial charge in [-0.15, -0.1) is 24.0 Å². The summed E-state index contributed by atoms with van der Waals surface area (Å²) in [4.78, 5) is 8.54. The molecule has 0 aliphatic carbocycles. The Balaban J connectivity index is 0.00000288. The van der Waals surface area contributed by atoms with Crippen LogP contribution in [0.25, 0.3) is 0 Å². The van der Waals surface area contributed by atoms with Crippen LogP contribution in [0, 0.1) is 0 Å². The summed E-state index contributed by atoms with van der Waals surface area (Å²) >= 11 is 3.48. The van der Waals surface area contributed by atoms with Gasteiger partial charge in [-0.1, -0.05) is 22.0 Å². The molecule has 2 aromatic rings. The molecule has 130 valence electrons. The Labute approximate surface area is 168 Å². The summed E-state index contributed by atoms with van der Waals surface area (Å²) in [6, 6.07) is 11.9. The van der Waals surface area contributed by atoms with Gasteiger partial charge in [0.05, 0.1) is 7.11 Å². The van der Waals surface area contributed by atoms with Gasteiger partial charge in [0, 0.05) is 48.5 Å². The van der Waals surface area contributed by atoms with Crippen molar-refractivity contribution in [2.45, 2.75) is 13.0 Å². The van der Waals surface area contributed by atoms with Crippen LogP contribution in [0.5, 0.6) is 5.75 Å². The molecule has 0 amide bonds. The average molecular weight is 505 g/mol. The van der Waals surface area contributed by atoms with E-state index in [9.17, 15) is 0 Å². The summed E-state index contributed by atoms with van der Waals surface area (Å²) in [6.45, 7) is 1.40. The molecule has 0 saturated carbocycles. The number of methoxy groups -OCH3 is 1. The monoisotopic (exact) mass is 504 g/mol. The number of hydrogen-bond donors (Lipinski definition) is 2. The van der Waals surface area contributed by atoms with Crippen molar-refractivity contribution in [3.8, 4) is 5.75 Å². The van der Waals surface area contributed by atoms with Crippen molar-refractivity contribution in [2.24, 2.45) is 4.99 Å². The summed E-state index contributed by atoms with van der Waals surface area (Å²) in [5.74, 6) is 1.60. The zero-order chi connectivity index (χ0) is 16.5. The smallest absolute Gasteiger partial charge is 0.191 e. The Kier molecular flexibility index (Phi) is 9.70. The number of guanidine groups is 1. The van der Waals surface area contributed by atoms with Gasteiger partial charge in [-0.3, -0.25) is 9.98 Å². The molecule has 2 N–H and O–H groups in total. The second-order valence-electron chi connectivity index (χ2n) is 4.88. The number of pyridine rings is 1. The molecule has 1 aromatic heterocycles. The van der Waals surface area contributed by atoms with Crippen LogP contribution in [0.1, 0.15) is 11.3 Å². The normalized spacial score (nSPS) is 10.7. The van der Waals surface area contributed by atoms with E-state index in [4.69, 9.17) is 4.74 Å². The molecule has 0 aliphatic rings. The molecule has 0 bridgehead atoms. The number of aromatic nitrogens is 1. The lowest BCUT2D eigenvalue weighted by Gasteiger charge is -2.14. The molecule has 1 heterocycles. The summed E-state index contributed by atoms with van der Waals surface area (Å²) in [6.07, 6.45) is 2.66. The van der Waals surface area contributed by atoms with Gasteiger partial charge in [-0.2, -0.15) is 0 Å². The highest BCUT2D eigenvalue weighted by atomic mass is 127. The van der Waals surface area contributed by atoms with Crippen LogP contribution in [0.15, 0.2) is 52.1 Å². The first kappa shape index (κ1) is 20.7. The molecular weight excluding hydrogens is 483 g/mol. The fourth-order valence-electron chi connectivity index (χ4n) is 2.14. The third-order valence-corrected chi connectivity index (χ3v) is 3.81. The van der Waals surface area contributed by atoms with Gasteiger partial charge in [0.1, 0.15) is 5.75 Å². The van der Waals surface area contributed by atoms with E-state index in [-0.39, 0.29) is 24.0 Å². The summed E-state index contributed by atoms with van der Waals surface area (Å²) < 4.78 is 6.40. The highest BCUT2D eigenvalue weighted by Gasteiger charge is 2.05. The van der Waals surface area contributed by atoms with Crippen LogP contribution in [0.2, 0.25) is 0 Å². The van der Waals surface area contributed by atoms with Crippen molar-refractivity contribution in [1.82, 2.24) is 15.6 Å². The van der Waals surface area contributed by atoms with Gasteiger partial charge in [-0.05, 0) is 30.3 Å². The van der Waals surface area contributed by atoms with E-state index >= 15 is 0 Å². The number of benzene rings is 1. The lowest BCUT2D eigenvalue weighted by atomic mass is 10.2. The quantitative estimate of drug-likeness (QED) is 0.359. The average Bonchev–Trinajstić information content (AvgIpc) is 2.59. The Hall–Kier alpha value is -1.35. The van der Waals surface area contributed by atoms with Gasteiger partial charge in [0.25, 0.3) is 0 Å². The lowest BCUT2D eigenvalue weighted by molar-refractivity contribution is 0.409. The first-order valence-corrected chi connectivity index (χ1v) is 8.19. The van der Waals surface area contributed by atoms with Crippen molar-refractivity contribution >= 4 is 45.9 Å². The Bertz CT molecular complexity index is 652. The number of ether oxygens (including phenoxy) is 1. The number of nitrogens with one attached hydrogen (secondary N) is 2. The summed E-state index contributed by atoms with van der Waals surface area (Å²) in [7, 11) is 3.43. The minimum Gasteiger partial charge on any atom is -0.496 e. The fourth-order valence-corrected chi connectivity index (χ4v) is 2.55. The van der Waals surface area contributed by atoms with Gasteiger partial charge in [0.2, 0.25) is 0 Å². The van der Waals surface area contributed by atoms with Crippen LogP contribution in [-0.2, 0) is 13.0 Å². The van der Waals surface area contributed by atoms with E-state index in [1.165, 1.54) is 0 Å². The molecule has 0 fully saturated rings. The van der Waals surface area contributed by atoms with Gasteiger partial charge >= 0.3 is 0 Å². The maximum atomic E-state index is 5.38. The van der Waals surface area contributed by atoms with Crippen LogP contribution >= 0.6 is 39.9 Å². The van der Waals surface area contributed by atoms with Gasteiger partial charge in [-0.25, -0.2) is 0 Å². The minimum absolute atomic E-state index is 0. The van der Waals surface area contributed by atoms with E-state index in [0.717, 1.165) is 40.4 Å². The predicted molar refractivity (Wildman–Crippen MR) is 112 cm³/mol. The standard InChI is InChI=1S/C17H21BrN4O.HI/c1-19-17(21-10-8-15-5-3-4-9-20-15)22-12-13-11-14(18)6-7-16(13)23-2;/h3-7,9,11H,8,10,12H2,1-2H3,(H2,19,21,22);1H. The summed E-state index contributed by atoms with van der Waals surface area (Å²) in [5.41, 5.74) is 2.12. The molecule has 0 atom stereocenters. The van der Waals surface area contributed by atoms with Crippen LogP contribution in [0.4, 0.5) is 0 Å². The zero-order valence-electron chi connectivity index (χ0n) is 13.8. The maximum absolute atomic E-state index is 5.38. The SMILES string of the molecule is CN=C(NCCc1ccccn1)NCc1cc(Br)ccc1OC.I. The molecule has 0 saturated heterocycles. The Morgan fingerprint density at radius 2 is 2.08 bits per heavy atom. The van der Waals surface area contributed by atoms with E-state index in [2.05, 4.69) is 36.5 Å². The van der Waals surface area contributed by atoms with Crippen LogP contribution < -0.4 is 15.4 Å². The Morgan fingerprint density at radius 3 is 2.75 bits per heavy atom. The molecular formula is C17H22BrIN4O. The minimum atomic E-state index is 0. The Morgan fingerprint density at radius 1 is 1.25 bits per heavy atom. The molecule has 1 aromatic carbocycles. The molecule has 0 radical (unpaired) electrons. The first-order chi connectivity index (χ1) is 11.2. The van der Waals surface area contributed by atoms with Crippen molar-refractivity contribution in [1.29, 1.82) is 0 Å². The topological polar surface area (TPSA) is 58.5 Å². The third-order valence-electron chi connectivity index (χ3n) is 3.31. The van der Waals surface area contributed by atoms with Crippen molar-refractivity contribution < 1.29 is 4.74 Å². The molecule has 24 heavy (non-hydrogen) atoms. The molecule has 0 spiro atoms. The van der Waals surface area contributed by atoms with Crippen molar-refractivity contribution in [3.05, 3.63) is 58.3 Å². The first-order valence-electron chi connectivity index (χ1n) is 7.39. The van der Waals surface area contributed by atoms with Gasteiger partial charge in [0.15, 0.2) is 5.96 Å². The number of nitrogens with zero attached hydrogens (tertiary/aromatic N) is 2. The number of hydrogen-bond acceptors (Lipinski definition) is 3. The van der Waals surface area contributed by atoms with Crippen LogP contribution in [0.3, 0.4) is 0 Å². The zero-order valence-corrected chi connectivity index (χ0v) is 17.7. The molecule has 7 heteroatoms. The molecule has 0 aliphatic heterocycles. The largest absolute Gasteiger partial charge is 0.496 e. The maximum Gasteiger partial charge on any atom is 0.191 e. The fraction of sp³-hybridized carbons (Fsp3) is 0.294. The highest BCUT2D eigenvalue weighted by molar-refractivity contribution is 14.0. The van der Waals surface area contributed by atoms with E-state index < -0.39 is 0 Å². The predicted octanol–water partition coefficient (Wildman–Crippen LogP) is 3.38. The second kappa shape index (κ2) is 11.2. The van der Waals surface area contributed by atoms with Crippen LogP contribution in [-0.4, -0.2) is 31.6 Å². The van der Waals surface area contributed by atoms with Gasteiger partial charge < -0.3 is 15.4 Å².